The molecule has 1 N–H and O–H groups in total. The van der Waals surface area contributed by atoms with Gasteiger partial charge in [0.05, 0.1) is 17.6 Å². The first kappa shape index (κ1) is 11.5. The van der Waals surface area contributed by atoms with Gasteiger partial charge < -0.3 is 5.43 Å². The van der Waals surface area contributed by atoms with E-state index in [0.29, 0.717) is 6.54 Å². The molecule has 0 aliphatic rings. The van der Waals surface area contributed by atoms with E-state index in [-0.39, 0.29) is 5.69 Å². The minimum Gasteiger partial charge on any atom is -0.319 e. The molecule has 0 radical (unpaired) electrons. The molecule has 0 aliphatic heterocycles. The van der Waals surface area contributed by atoms with E-state index in [4.69, 9.17) is 0 Å². The van der Waals surface area contributed by atoms with Gasteiger partial charge in [0.25, 0.3) is 0 Å². The zero-order valence-electron chi connectivity index (χ0n) is 10.7. The van der Waals surface area contributed by atoms with E-state index in [1.165, 1.54) is 0 Å². The molecule has 0 aliphatic carbocycles. The van der Waals surface area contributed by atoms with E-state index < -0.39 is 0 Å². The lowest BCUT2D eigenvalue weighted by Gasteiger charge is -2.06. The van der Waals surface area contributed by atoms with Crippen LogP contribution >= 0.6 is 0 Å². The van der Waals surface area contributed by atoms with E-state index in [9.17, 15) is 4.79 Å². The molecule has 7 heteroatoms. The van der Waals surface area contributed by atoms with E-state index in [0.717, 1.165) is 16.6 Å². The maximum Gasteiger partial charge on any atom is 0.328 e. The number of fused-ring (bicyclic) bond motifs is 1. The summed E-state index contributed by atoms with van der Waals surface area (Å²) in [5, 5.41) is 7.43. The SMILES string of the molecule is Cn1c(=O)n(C)c2cc(CNn3cnnc3)ccc21. The number of nitrogens with one attached hydrogen (secondary N) is 1. The van der Waals surface area contributed by atoms with Gasteiger partial charge in [-0.25, -0.2) is 9.47 Å². The molecule has 0 fully saturated rings. The second-order valence-electron chi connectivity index (χ2n) is 4.43. The first-order valence-electron chi connectivity index (χ1n) is 5.89. The Kier molecular flexibility index (Phi) is 2.59. The van der Waals surface area contributed by atoms with Crippen LogP contribution in [0.15, 0.2) is 35.6 Å². The molecule has 0 unspecified atom stereocenters. The Labute approximate surface area is 109 Å². The Morgan fingerprint density at radius 2 is 1.79 bits per heavy atom. The van der Waals surface area contributed by atoms with Crippen molar-refractivity contribution in [2.45, 2.75) is 6.54 Å². The van der Waals surface area contributed by atoms with Crippen LogP contribution in [0, 0.1) is 0 Å². The summed E-state index contributed by atoms with van der Waals surface area (Å²) in [4.78, 5) is 11.8. The fourth-order valence-corrected chi connectivity index (χ4v) is 2.13. The van der Waals surface area contributed by atoms with Gasteiger partial charge in [-0.3, -0.25) is 9.13 Å². The number of aryl methyl sites for hydroxylation is 2. The highest BCUT2D eigenvalue weighted by Crippen LogP contribution is 2.14. The van der Waals surface area contributed by atoms with Crippen molar-refractivity contribution in [2.24, 2.45) is 14.1 Å². The molecule has 2 heterocycles. The third-order valence-electron chi connectivity index (χ3n) is 3.22. The van der Waals surface area contributed by atoms with Crippen LogP contribution in [-0.4, -0.2) is 24.0 Å². The average Bonchev–Trinajstić information content (AvgIpc) is 3.01. The summed E-state index contributed by atoms with van der Waals surface area (Å²) < 4.78 is 4.98. The molecule has 0 amide bonds. The second-order valence-corrected chi connectivity index (χ2v) is 4.43. The van der Waals surface area contributed by atoms with Gasteiger partial charge >= 0.3 is 5.69 Å². The normalized spacial score (nSPS) is 11.1. The monoisotopic (exact) mass is 258 g/mol. The van der Waals surface area contributed by atoms with Gasteiger partial charge in [0, 0.05) is 14.1 Å². The average molecular weight is 258 g/mol. The maximum atomic E-state index is 11.8. The zero-order chi connectivity index (χ0) is 13.4. The number of aromatic nitrogens is 5. The van der Waals surface area contributed by atoms with Gasteiger partial charge in [0.2, 0.25) is 0 Å². The second kappa shape index (κ2) is 4.27. The van der Waals surface area contributed by atoms with Crippen molar-refractivity contribution in [1.29, 1.82) is 0 Å². The summed E-state index contributed by atoms with van der Waals surface area (Å²) in [5.41, 5.74) is 6.07. The largest absolute Gasteiger partial charge is 0.328 e. The van der Waals surface area contributed by atoms with Crippen LogP contribution in [-0.2, 0) is 20.6 Å². The smallest absolute Gasteiger partial charge is 0.319 e. The fourth-order valence-electron chi connectivity index (χ4n) is 2.13. The summed E-state index contributed by atoms with van der Waals surface area (Å²) in [6, 6.07) is 5.97. The van der Waals surface area contributed by atoms with Crippen LogP contribution in [0.3, 0.4) is 0 Å². The number of rotatable bonds is 3. The van der Waals surface area contributed by atoms with E-state index >= 15 is 0 Å². The van der Waals surface area contributed by atoms with Gasteiger partial charge in [-0.15, -0.1) is 10.2 Å². The van der Waals surface area contributed by atoms with Crippen LogP contribution in [0.2, 0.25) is 0 Å². The van der Waals surface area contributed by atoms with Crippen LogP contribution in [0.5, 0.6) is 0 Å². The highest BCUT2D eigenvalue weighted by Gasteiger charge is 2.07. The Hall–Kier alpha value is -2.57. The fraction of sp³-hybridized carbons (Fsp3) is 0.250. The molecule has 98 valence electrons. The van der Waals surface area contributed by atoms with E-state index in [1.54, 1.807) is 40.6 Å². The first-order chi connectivity index (χ1) is 9.16. The van der Waals surface area contributed by atoms with Crippen LogP contribution in [0.1, 0.15) is 5.56 Å². The number of benzene rings is 1. The summed E-state index contributed by atoms with van der Waals surface area (Å²) >= 11 is 0. The minimum absolute atomic E-state index is 0.0149. The summed E-state index contributed by atoms with van der Waals surface area (Å²) in [6.07, 6.45) is 3.19. The highest BCUT2D eigenvalue weighted by atomic mass is 16.1. The van der Waals surface area contributed by atoms with Crippen LogP contribution < -0.4 is 11.1 Å². The molecule has 0 bridgehead atoms. The van der Waals surface area contributed by atoms with Crippen LogP contribution in [0.25, 0.3) is 11.0 Å². The predicted molar refractivity (Wildman–Crippen MR) is 71.2 cm³/mol. The third-order valence-corrected chi connectivity index (χ3v) is 3.22. The van der Waals surface area contributed by atoms with Crippen molar-refractivity contribution in [3.8, 4) is 0 Å². The quantitative estimate of drug-likeness (QED) is 0.729. The molecular formula is C12H14N6O. The maximum absolute atomic E-state index is 11.8. The zero-order valence-corrected chi connectivity index (χ0v) is 10.7. The van der Waals surface area contributed by atoms with E-state index in [2.05, 4.69) is 15.6 Å². The lowest BCUT2D eigenvalue weighted by molar-refractivity contribution is 0.795. The van der Waals surface area contributed by atoms with Gasteiger partial charge in [-0.2, -0.15) is 0 Å². The van der Waals surface area contributed by atoms with Crippen molar-refractivity contribution in [2.75, 3.05) is 5.43 Å². The molecule has 19 heavy (non-hydrogen) atoms. The molecule has 0 saturated carbocycles. The number of hydrogen-bond acceptors (Lipinski definition) is 4. The van der Waals surface area contributed by atoms with Gasteiger partial charge in [0.15, 0.2) is 0 Å². The third kappa shape index (κ3) is 1.88. The molecule has 2 aromatic heterocycles. The van der Waals surface area contributed by atoms with Crippen molar-refractivity contribution >= 4 is 11.0 Å². The molecule has 7 nitrogen and oxygen atoms in total. The van der Waals surface area contributed by atoms with Gasteiger partial charge in [0.1, 0.15) is 12.7 Å². The lowest BCUT2D eigenvalue weighted by atomic mass is 10.2. The molecule has 3 aromatic rings. The Morgan fingerprint density at radius 1 is 1.11 bits per heavy atom. The lowest BCUT2D eigenvalue weighted by Crippen LogP contribution is -2.19. The molecule has 3 rings (SSSR count). The predicted octanol–water partition coefficient (Wildman–Crippen LogP) is 0.212. The molecule has 0 spiro atoms. The number of imidazole rings is 1. The Bertz CT molecular complexity index is 767. The molecule has 0 saturated heterocycles. The Morgan fingerprint density at radius 3 is 2.53 bits per heavy atom. The van der Waals surface area contributed by atoms with Crippen molar-refractivity contribution in [3.05, 3.63) is 46.9 Å². The summed E-state index contributed by atoms with van der Waals surface area (Å²) in [7, 11) is 3.56. The topological polar surface area (TPSA) is 69.7 Å². The van der Waals surface area contributed by atoms with Crippen molar-refractivity contribution < 1.29 is 0 Å². The standard InChI is InChI=1S/C12H14N6O/c1-16-10-4-3-9(5-11(10)17(2)12(16)19)6-15-18-7-13-14-8-18/h3-5,7-8,15H,6H2,1-2H3. The highest BCUT2D eigenvalue weighted by molar-refractivity contribution is 5.76. The minimum atomic E-state index is -0.0149. The number of hydrogen-bond donors (Lipinski definition) is 1. The first-order valence-corrected chi connectivity index (χ1v) is 5.89. The van der Waals surface area contributed by atoms with Crippen LogP contribution in [0.4, 0.5) is 0 Å². The number of nitrogens with zero attached hydrogens (tertiary/aromatic N) is 5. The van der Waals surface area contributed by atoms with Gasteiger partial charge in [-0.1, -0.05) is 6.07 Å². The Balaban J connectivity index is 1.93. The van der Waals surface area contributed by atoms with E-state index in [1.807, 2.05) is 18.2 Å². The summed E-state index contributed by atoms with van der Waals surface area (Å²) in [5.74, 6) is 0. The molecule has 0 atom stereocenters. The molecular weight excluding hydrogens is 244 g/mol. The summed E-state index contributed by atoms with van der Waals surface area (Å²) in [6.45, 7) is 0.636. The molecule has 1 aromatic carbocycles. The van der Waals surface area contributed by atoms with Crippen molar-refractivity contribution in [3.63, 3.8) is 0 Å². The van der Waals surface area contributed by atoms with Gasteiger partial charge in [-0.05, 0) is 17.7 Å². The van der Waals surface area contributed by atoms with Crippen molar-refractivity contribution in [1.82, 2.24) is 24.0 Å².